The van der Waals surface area contributed by atoms with Crippen LogP contribution in [0, 0.1) is 10.1 Å². The Hall–Kier alpha value is -6.19. The number of benzene rings is 4. The van der Waals surface area contributed by atoms with Crippen LogP contribution >= 0.6 is 0 Å². The lowest BCUT2D eigenvalue weighted by Crippen LogP contribution is -2.67. The van der Waals surface area contributed by atoms with Gasteiger partial charge in [-0.3, -0.25) is 24.6 Å². The lowest BCUT2D eigenvalue weighted by Gasteiger charge is -2.46. The third-order valence-corrected chi connectivity index (χ3v) is 11.6. The van der Waals surface area contributed by atoms with Gasteiger partial charge in [0.15, 0.2) is 12.4 Å². The van der Waals surface area contributed by atoms with Crippen molar-refractivity contribution in [3.05, 3.63) is 129 Å². The Labute approximate surface area is 446 Å². The number of nitrogens with zero attached hydrogens (tertiary/aromatic N) is 2. The summed E-state index contributed by atoms with van der Waals surface area (Å²) in [5.41, 5.74) is 1.04. The topological polar surface area (TPSA) is 256 Å². The predicted molar refractivity (Wildman–Crippen MR) is 271 cm³/mol. The zero-order chi connectivity index (χ0) is 54.5. The summed E-state index contributed by atoms with van der Waals surface area (Å²) in [6, 6.07) is 24.9. The maximum Gasteiger partial charge on any atom is 0.344 e. The van der Waals surface area contributed by atoms with Crippen molar-refractivity contribution in [1.29, 1.82) is 0 Å². The number of hydrogen-bond donors (Lipinski definition) is 1. The van der Waals surface area contributed by atoms with Gasteiger partial charge in [-0.05, 0) is 53.6 Å². The molecule has 6 rings (SSSR count). The van der Waals surface area contributed by atoms with E-state index in [1.165, 1.54) is 25.3 Å². The van der Waals surface area contributed by atoms with E-state index in [9.17, 15) is 29.6 Å². The molecule has 4 aromatic carbocycles. The molecule has 4 aromatic rings. The van der Waals surface area contributed by atoms with Crippen molar-refractivity contribution >= 4 is 23.5 Å². The van der Waals surface area contributed by atoms with Crippen LogP contribution in [0.3, 0.4) is 0 Å². The molecule has 1 saturated heterocycles. The Morgan fingerprint density at radius 1 is 0.623 bits per heavy atom. The van der Waals surface area contributed by atoms with E-state index in [1.807, 2.05) is 30.3 Å². The highest BCUT2D eigenvalue weighted by Gasteiger charge is 2.55. The maximum atomic E-state index is 14.0. The van der Waals surface area contributed by atoms with Gasteiger partial charge in [-0.15, -0.1) is 0 Å². The average molecular weight is 1080 g/mol. The molecule has 0 unspecified atom stereocenters. The molecule has 77 heavy (non-hydrogen) atoms. The van der Waals surface area contributed by atoms with Gasteiger partial charge in [0.2, 0.25) is 6.29 Å². The number of aliphatic hydroxyl groups is 1. The summed E-state index contributed by atoms with van der Waals surface area (Å²) in [6.45, 7) is 5.01. The van der Waals surface area contributed by atoms with Crippen molar-refractivity contribution in [3.63, 3.8) is 0 Å². The number of amides is 2. The van der Waals surface area contributed by atoms with Gasteiger partial charge in [-0.1, -0.05) is 48.5 Å². The molecule has 2 aliphatic rings. The number of nitro groups is 1. The van der Waals surface area contributed by atoms with Crippen LogP contribution in [0.25, 0.3) is 0 Å². The quantitative estimate of drug-likeness (QED) is 0.0216. The summed E-state index contributed by atoms with van der Waals surface area (Å²) in [4.78, 5) is 52.9. The van der Waals surface area contributed by atoms with E-state index in [0.717, 1.165) is 10.5 Å². The molecule has 0 saturated carbocycles. The summed E-state index contributed by atoms with van der Waals surface area (Å²) >= 11 is 0. The van der Waals surface area contributed by atoms with Crippen LogP contribution in [0.1, 0.15) is 31.8 Å². The van der Waals surface area contributed by atoms with Crippen LogP contribution < -0.4 is 14.2 Å². The minimum atomic E-state index is -1.49. The number of rotatable bonds is 39. The van der Waals surface area contributed by atoms with Gasteiger partial charge in [0.1, 0.15) is 42.5 Å². The third kappa shape index (κ3) is 19.7. The molecule has 23 heteroatoms. The largest absolute Gasteiger partial charge is 0.497 e. The Morgan fingerprint density at radius 2 is 1.14 bits per heavy atom. The van der Waals surface area contributed by atoms with Crippen molar-refractivity contribution in [2.24, 2.45) is 0 Å². The molecule has 23 nitrogen and oxygen atoms in total. The predicted octanol–water partition coefficient (Wildman–Crippen LogP) is 4.22. The summed E-state index contributed by atoms with van der Waals surface area (Å²) in [6.07, 6.45) is -5.28. The van der Waals surface area contributed by atoms with Crippen molar-refractivity contribution in [1.82, 2.24) is 4.90 Å². The SMILES string of the molecule is COCCOCCOCCOCCOCCOCCOCCOCCOC(=O)COc1ccc(COC[C@H]2O[C@@H](Oc3ccc(OC)cc3)[C@H](N3C(=O)c4ccccc4C3=O)[C@@H](OCc3ccccc3)[C@@H]2O)cc1[N+](=O)[O-]. The Morgan fingerprint density at radius 3 is 1.68 bits per heavy atom. The van der Waals surface area contributed by atoms with Crippen LogP contribution in [-0.2, 0) is 74.9 Å². The van der Waals surface area contributed by atoms with E-state index in [1.54, 1.807) is 55.6 Å². The van der Waals surface area contributed by atoms with Crippen molar-refractivity contribution in [3.8, 4) is 17.2 Å². The fourth-order valence-electron chi connectivity index (χ4n) is 7.80. The lowest BCUT2D eigenvalue weighted by atomic mass is 9.95. The fourth-order valence-corrected chi connectivity index (χ4v) is 7.80. The van der Waals surface area contributed by atoms with E-state index in [4.69, 9.17) is 71.1 Å². The summed E-state index contributed by atoms with van der Waals surface area (Å²) < 4.78 is 84.0. The number of aliphatic hydroxyl groups excluding tert-OH is 1. The number of hydrogen-bond acceptors (Lipinski definition) is 21. The molecule has 5 atom stereocenters. The van der Waals surface area contributed by atoms with E-state index >= 15 is 0 Å². The van der Waals surface area contributed by atoms with Crippen LogP contribution in [0.5, 0.6) is 17.2 Å². The van der Waals surface area contributed by atoms with Crippen molar-refractivity contribution < 1.29 is 95.5 Å². The summed E-state index contributed by atoms with van der Waals surface area (Å²) in [5.74, 6) is -1.32. The minimum Gasteiger partial charge on any atom is -0.497 e. The lowest BCUT2D eigenvalue weighted by molar-refractivity contribution is -0.385. The zero-order valence-corrected chi connectivity index (χ0v) is 43.3. The van der Waals surface area contributed by atoms with Gasteiger partial charge in [0, 0.05) is 13.2 Å². The number of nitro benzene ring substituents is 1. The smallest absolute Gasteiger partial charge is 0.344 e. The molecule has 2 heterocycles. The number of methoxy groups -OCH3 is 2. The van der Waals surface area contributed by atoms with Crippen LogP contribution in [0.4, 0.5) is 5.69 Å². The Bertz CT molecular complexity index is 2340. The number of ether oxygens (including phenoxy) is 15. The molecule has 2 aliphatic heterocycles. The second kappa shape index (κ2) is 33.9. The fraction of sp³-hybridized carbons (Fsp3) is 0.500. The third-order valence-electron chi connectivity index (χ3n) is 11.6. The van der Waals surface area contributed by atoms with E-state index in [-0.39, 0.29) is 56.5 Å². The van der Waals surface area contributed by atoms with Crippen LogP contribution in [0.2, 0.25) is 0 Å². The maximum absolute atomic E-state index is 14.0. The Balaban J connectivity index is 0.901. The first-order valence-corrected chi connectivity index (χ1v) is 25.1. The molecule has 420 valence electrons. The molecule has 0 radical (unpaired) electrons. The van der Waals surface area contributed by atoms with Crippen LogP contribution in [0.15, 0.2) is 97.1 Å². The first-order chi connectivity index (χ1) is 37.7. The second-order valence-electron chi connectivity index (χ2n) is 17.0. The first-order valence-electron chi connectivity index (χ1n) is 25.1. The first kappa shape index (κ1) is 60.0. The minimum absolute atomic E-state index is 0.00748. The van der Waals surface area contributed by atoms with Gasteiger partial charge < -0.3 is 76.2 Å². The van der Waals surface area contributed by atoms with Gasteiger partial charge in [-0.25, -0.2) is 4.79 Å². The van der Waals surface area contributed by atoms with Gasteiger partial charge in [0.05, 0.1) is 142 Å². The zero-order valence-electron chi connectivity index (χ0n) is 43.3. The number of fused-ring (bicyclic) bond motifs is 1. The van der Waals surface area contributed by atoms with E-state index in [0.29, 0.717) is 103 Å². The molecular formula is C54H68N2O21. The number of imide groups is 1. The highest BCUT2D eigenvalue weighted by molar-refractivity contribution is 6.21. The van der Waals surface area contributed by atoms with Crippen LogP contribution in [-0.4, -0.2) is 197 Å². The van der Waals surface area contributed by atoms with E-state index in [2.05, 4.69) is 0 Å². The number of carbonyl (C=O) groups is 3. The molecule has 0 spiro atoms. The number of esters is 1. The molecule has 2 amide bonds. The van der Waals surface area contributed by atoms with E-state index < -0.39 is 65.6 Å². The molecule has 1 fully saturated rings. The molecule has 0 bridgehead atoms. The second-order valence-corrected chi connectivity index (χ2v) is 17.0. The molecule has 0 aromatic heterocycles. The van der Waals surface area contributed by atoms with Gasteiger partial charge in [0.25, 0.3) is 11.8 Å². The molecule has 1 N–H and O–H groups in total. The van der Waals surface area contributed by atoms with Gasteiger partial charge in [-0.2, -0.15) is 0 Å². The highest BCUT2D eigenvalue weighted by atomic mass is 16.7. The summed E-state index contributed by atoms with van der Waals surface area (Å²) in [7, 11) is 3.14. The molecule has 0 aliphatic carbocycles. The number of carbonyl (C=O) groups excluding carboxylic acids is 3. The molecular weight excluding hydrogens is 1010 g/mol. The normalized spacial score (nSPS) is 18.1. The highest BCUT2D eigenvalue weighted by Crippen LogP contribution is 2.36. The average Bonchev–Trinajstić information content (AvgIpc) is 3.74. The monoisotopic (exact) mass is 1080 g/mol. The van der Waals surface area contributed by atoms with Crippen molar-refractivity contribution in [2.75, 3.05) is 133 Å². The Kier molecular flexibility index (Phi) is 26.4. The van der Waals surface area contributed by atoms with Crippen molar-refractivity contribution in [2.45, 2.75) is 43.9 Å². The van der Waals surface area contributed by atoms with Gasteiger partial charge >= 0.3 is 11.7 Å². The summed E-state index contributed by atoms with van der Waals surface area (Å²) in [5, 5.41) is 24.1. The standard InChI is InChI=1S/C54H68N2O21/c1-63-18-19-65-20-21-66-22-23-67-24-25-68-26-27-69-28-29-70-30-31-71-32-33-73-48(57)38-74-46-17-12-40(34-45(46)56(61)62)35-72-37-47-50(58)51(75-36-39-8-4-3-5-9-39)49(54(77-47)76-42-15-13-41(64-2)14-16-42)55-52(59)43-10-6-7-11-44(43)53(55)60/h3-17,34,47,49-51,54,58H,18-33,35-38H2,1-2H3/t47-,49-,50-,51-,54-/m1/s1.